The first-order chi connectivity index (χ1) is 8.56. The molecule has 5 heteroatoms. The fourth-order valence-corrected chi connectivity index (χ4v) is 3.04. The Kier molecular flexibility index (Phi) is 4.35. The quantitative estimate of drug-likeness (QED) is 0.767. The second kappa shape index (κ2) is 5.80. The lowest BCUT2D eigenvalue weighted by Gasteiger charge is -2.04. The number of aromatic nitrogens is 2. The maximum atomic E-state index is 12.1. The van der Waals surface area contributed by atoms with Crippen molar-refractivity contribution in [3.05, 3.63) is 50.7 Å². The molecule has 0 unspecified atom stereocenters. The van der Waals surface area contributed by atoms with Crippen molar-refractivity contribution in [2.24, 2.45) is 7.05 Å². The van der Waals surface area contributed by atoms with Gasteiger partial charge in [-0.2, -0.15) is 5.10 Å². The zero-order valence-electron chi connectivity index (χ0n) is 9.86. The van der Waals surface area contributed by atoms with Crippen molar-refractivity contribution in [1.29, 1.82) is 0 Å². The fraction of sp³-hybridized carbons (Fsp3) is 0.231. The second-order valence-corrected chi connectivity index (χ2v) is 5.86. The van der Waals surface area contributed by atoms with Gasteiger partial charge in [0.15, 0.2) is 5.78 Å². The average Bonchev–Trinajstić information content (AvgIpc) is 2.70. The molecule has 0 N–H and O–H groups in total. The molecule has 0 aliphatic carbocycles. The van der Waals surface area contributed by atoms with E-state index in [0.29, 0.717) is 12.8 Å². The van der Waals surface area contributed by atoms with E-state index in [1.165, 1.54) is 0 Å². The second-order valence-electron chi connectivity index (χ2n) is 4.03. The molecule has 94 valence electrons. The standard InChI is InChI=1S/C13H12Br2N2O/c1-17-12(4-5-16-17)2-3-13(18)9-6-10(14)8-11(15)7-9/h4-8H,2-3H2,1H3. The van der Waals surface area contributed by atoms with Crippen molar-refractivity contribution >= 4 is 37.6 Å². The SMILES string of the molecule is Cn1nccc1CCC(=O)c1cc(Br)cc(Br)c1. The summed E-state index contributed by atoms with van der Waals surface area (Å²) in [5.41, 5.74) is 1.79. The van der Waals surface area contributed by atoms with E-state index in [2.05, 4.69) is 37.0 Å². The van der Waals surface area contributed by atoms with Crippen molar-refractivity contribution in [2.75, 3.05) is 0 Å². The third-order valence-electron chi connectivity index (χ3n) is 2.72. The van der Waals surface area contributed by atoms with E-state index in [9.17, 15) is 4.79 Å². The molecule has 0 bridgehead atoms. The van der Waals surface area contributed by atoms with Crippen LogP contribution in [-0.4, -0.2) is 15.6 Å². The molecule has 0 radical (unpaired) electrons. The first kappa shape index (κ1) is 13.5. The van der Waals surface area contributed by atoms with E-state index in [0.717, 1.165) is 20.2 Å². The van der Waals surface area contributed by atoms with Gasteiger partial charge < -0.3 is 0 Å². The Labute approximate surface area is 122 Å². The first-order valence-electron chi connectivity index (χ1n) is 5.52. The van der Waals surface area contributed by atoms with Crippen molar-refractivity contribution in [1.82, 2.24) is 9.78 Å². The van der Waals surface area contributed by atoms with Crippen molar-refractivity contribution in [3.8, 4) is 0 Å². The Morgan fingerprint density at radius 1 is 1.28 bits per heavy atom. The largest absolute Gasteiger partial charge is 0.294 e. The first-order valence-corrected chi connectivity index (χ1v) is 7.11. The third-order valence-corrected chi connectivity index (χ3v) is 3.63. The summed E-state index contributed by atoms with van der Waals surface area (Å²) < 4.78 is 3.60. The molecule has 2 aromatic rings. The van der Waals surface area contributed by atoms with Gasteiger partial charge in [0.2, 0.25) is 0 Å². The number of aryl methyl sites for hydroxylation is 2. The van der Waals surface area contributed by atoms with Crippen LogP contribution >= 0.6 is 31.9 Å². The van der Waals surface area contributed by atoms with Gasteiger partial charge in [0.25, 0.3) is 0 Å². The number of hydrogen-bond donors (Lipinski definition) is 0. The number of carbonyl (C=O) groups excluding carboxylic acids is 1. The van der Waals surface area contributed by atoms with Crippen LogP contribution in [0, 0.1) is 0 Å². The number of hydrogen-bond acceptors (Lipinski definition) is 2. The van der Waals surface area contributed by atoms with Gasteiger partial charge in [-0.25, -0.2) is 0 Å². The molecule has 1 heterocycles. The smallest absolute Gasteiger partial charge is 0.163 e. The topological polar surface area (TPSA) is 34.9 Å². The highest BCUT2D eigenvalue weighted by atomic mass is 79.9. The molecule has 0 saturated carbocycles. The minimum absolute atomic E-state index is 0.137. The lowest BCUT2D eigenvalue weighted by molar-refractivity contribution is 0.0982. The molecule has 0 spiro atoms. The zero-order chi connectivity index (χ0) is 13.1. The van der Waals surface area contributed by atoms with Gasteiger partial charge in [-0.3, -0.25) is 9.48 Å². The summed E-state index contributed by atoms with van der Waals surface area (Å²) in [6, 6.07) is 7.54. The van der Waals surface area contributed by atoms with Crippen molar-refractivity contribution in [2.45, 2.75) is 12.8 Å². The summed E-state index contributed by atoms with van der Waals surface area (Å²) in [4.78, 5) is 12.1. The maximum absolute atomic E-state index is 12.1. The molecule has 0 fully saturated rings. The van der Waals surface area contributed by atoms with Crippen molar-refractivity contribution in [3.63, 3.8) is 0 Å². The van der Waals surface area contributed by atoms with Gasteiger partial charge >= 0.3 is 0 Å². The summed E-state index contributed by atoms with van der Waals surface area (Å²) in [5, 5.41) is 4.09. The molecule has 0 amide bonds. The van der Waals surface area contributed by atoms with E-state index in [-0.39, 0.29) is 5.78 Å². The average molecular weight is 372 g/mol. The van der Waals surface area contributed by atoms with Gasteiger partial charge in [0.05, 0.1) is 0 Å². The predicted octanol–water partition coefficient (Wildman–Crippen LogP) is 3.76. The molecule has 3 nitrogen and oxygen atoms in total. The Bertz CT molecular complexity index is 558. The molecule has 0 aliphatic rings. The minimum Gasteiger partial charge on any atom is -0.294 e. The molecule has 0 aliphatic heterocycles. The molecule has 0 saturated heterocycles. The van der Waals surface area contributed by atoms with E-state index in [1.54, 1.807) is 10.9 Å². The molecule has 1 aromatic carbocycles. The number of Topliss-reactive ketones (excluding diaryl/α,β-unsaturated/α-hetero) is 1. The monoisotopic (exact) mass is 370 g/mol. The lowest BCUT2D eigenvalue weighted by atomic mass is 10.1. The molecule has 0 atom stereocenters. The summed E-state index contributed by atoms with van der Waals surface area (Å²) in [6.45, 7) is 0. The van der Waals surface area contributed by atoms with Crippen LogP contribution in [0.3, 0.4) is 0 Å². The van der Waals surface area contributed by atoms with E-state index < -0.39 is 0 Å². The van der Waals surface area contributed by atoms with Gasteiger partial charge in [-0.05, 0) is 30.7 Å². The Hall–Kier alpha value is -0.940. The Morgan fingerprint density at radius 2 is 1.94 bits per heavy atom. The minimum atomic E-state index is 0.137. The van der Waals surface area contributed by atoms with E-state index >= 15 is 0 Å². The van der Waals surface area contributed by atoms with Crippen LogP contribution in [0.2, 0.25) is 0 Å². The maximum Gasteiger partial charge on any atom is 0.163 e. The summed E-state index contributed by atoms with van der Waals surface area (Å²) in [7, 11) is 1.88. The van der Waals surface area contributed by atoms with Gasteiger partial charge in [0.1, 0.15) is 0 Å². The fourth-order valence-electron chi connectivity index (χ4n) is 1.75. The van der Waals surface area contributed by atoms with Crippen molar-refractivity contribution < 1.29 is 4.79 Å². The zero-order valence-corrected chi connectivity index (χ0v) is 13.0. The molecular weight excluding hydrogens is 360 g/mol. The molecular formula is C13H12Br2N2O. The highest BCUT2D eigenvalue weighted by Gasteiger charge is 2.09. The number of nitrogens with zero attached hydrogens (tertiary/aromatic N) is 2. The lowest BCUT2D eigenvalue weighted by Crippen LogP contribution is -2.04. The molecule has 1 aromatic heterocycles. The van der Waals surface area contributed by atoms with E-state index in [1.807, 2.05) is 31.3 Å². The van der Waals surface area contributed by atoms with Crippen LogP contribution in [0.15, 0.2) is 39.4 Å². The van der Waals surface area contributed by atoms with Crippen LogP contribution in [0.4, 0.5) is 0 Å². The van der Waals surface area contributed by atoms with Crippen LogP contribution in [0.5, 0.6) is 0 Å². The predicted molar refractivity (Wildman–Crippen MR) is 77.7 cm³/mol. The number of carbonyl (C=O) groups is 1. The van der Waals surface area contributed by atoms with E-state index in [4.69, 9.17) is 0 Å². The number of benzene rings is 1. The summed E-state index contributed by atoms with van der Waals surface area (Å²) >= 11 is 6.77. The normalized spacial score (nSPS) is 10.6. The highest BCUT2D eigenvalue weighted by Crippen LogP contribution is 2.21. The van der Waals surface area contributed by atoms with Crippen LogP contribution in [-0.2, 0) is 13.5 Å². The third kappa shape index (κ3) is 3.29. The highest BCUT2D eigenvalue weighted by molar-refractivity contribution is 9.11. The number of ketones is 1. The molecule has 2 rings (SSSR count). The number of halogens is 2. The number of rotatable bonds is 4. The van der Waals surface area contributed by atoms with Crippen LogP contribution in [0.1, 0.15) is 22.5 Å². The Balaban J connectivity index is 2.06. The van der Waals surface area contributed by atoms with Crippen LogP contribution in [0.25, 0.3) is 0 Å². The van der Waals surface area contributed by atoms with Gasteiger partial charge in [-0.1, -0.05) is 31.9 Å². The van der Waals surface area contributed by atoms with Gasteiger partial charge in [0, 0.05) is 39.9 Å². The molecule has 18 heavy (non-hydrogen) atoms. The van der Waals surface area contributed by atoms with Gasteiger partial charge in [-0.15, -0.1) is 0 Å². The summed E-state index contributed by atoms with van der Waals surface area (Å²) in [5.74, 6) is 0.137. The van der Waals surface area contributed by atoms with Crippen LogP contribution < -0.4 is 0 Å². The summed E-state index contributed by atoms with van der Waals surface area (Å²) in [6.07, 6.45) is 2.94. The Morgan fingerprint density at radius 3 is 2.50 bits per heavy atom.